The molecule has 1 aliphatic rings. The number of rotatable bonds is 7. The Morgan fingerprint density at radius 3 is 2.38 bits per heavy atom. The summed E-state index contributed by atoms with van der Waals surface area (Å²) in [4.78, 5) is 0.389. The molecule has 0 atom stereocenters. The van der Waals surface area contributed by atoms with Gasteiger partial charge in [-0.05, 0) is 54.3 Å². The molecule has 3 rings (SSSR count). The summed E-state index contributed by atoms with van der Waals surface area (Å²) in [5, 5.41) is 1.92. The van der Waals surface area contributed by atoms with Crippen molar-refractivity contribution in [3.63, 3.8) is 0 Å². The summed E-state index contributed by atoms with van der Waals surface area (Å²) in [6, 6.07) is 11.4. The molecule has 142 valence electrons. The lowest BCUT2D eigenvalue weighted by Gasteiger charge is -2.32. The fourth-order valence-corrected chi connectivity index (χ4v) is 5.53. The molecule has 1 fully saturated rings. The Morgan fingerprint density at radius 2 is 1.69 bits per heavy atom. The van der Waals surface area contributed by atoms with Gasteiger partial charge < -0.3 is 4.74 Å². The van der Waals surface area contributed by atoms with Gasteiger partial charge in [0.05, 0.1) is 11.5 Å². The summed E-state index contributed by atoms with van der Waals surface area (Å²) in [5.41, 5.74) is 0. The highest BCUT2D eigenvalue weighted by molar-refractivity contribution is 7.89. The molecule has 1 aliphatic carbocycles. The maximum atomic E-state index is 13.2. The minimum atomic E-state index is -3.46. The van der Waals surface area contributed by atoms with Crippen LogP contribution < -0.4 is 4.74 Å². The Labute approximate surface area is 157 Å². The van der Waals surface area contributed by atoms with Crippen LogP contribution >= 0.6 is 0 Å². The Bertz CT molecular complexity index is 841. The second-order valence-electron chi connectivity index (χ2n) is 7.02. The number of benzene rings is 2. The number of ether oxygens (including phenoxy) is 1. The number of fused-ring (bicyclic) bond motifs is 1. The maximum Gasteiger partial charge on any atom is 0.243 e. The van der Waals surface area contributed by atoms with Crippen LogP contribution in [0.2, 0.25) is 0 Å². The molecule has 26 heavy (non-hydrogen) atoms. The second-order valence-corrected chi connectivity index (χ2v) is 8.91. The van der Waals surface area contributed by atoms with E-state index in [-0.39, 0.29) is 6.04 Å². The van der Waals surface area contributed by atoms with Crippen LogP contribution in [0.3, 0.4) is 0 Å². The van der Waals surface area contributed by atoms with Gasteiger partial charge in [0.2, 0.25) is 10.0 Å². The largest absolute Gasteiger partial charge is 0.494 e. The Balaban J connectivity index is 1.90. The van der Waals surface area contributed by atoms with Gasteiger partial charge in [-0.1, -0.05) is 45.2 Å². The van der Waals surface area contributed by atoms with Crippen molar-refractivity contribution in [2.24, 2.45) is 0 Å². The SMILES string of the molecule is CCCOc1ccc2cc(S(=O)(=O)N(CC)C3CCCCC3)ccc2c1. The molecule has 0 N–H and O–H groups in total. The molecule has 0 amide bonds. The summed E-state index contributed by atoms with van der Waals surface area (Å²) in [5.74, 6) is 0.826. The zero-order valence-electron chi connectivity index (χ0n) is 15.8. The summed E-state index contributed by atoms with van der Waals surface area (Å²) >= 11 is 0. The topological polar surface area (TPSA) is 46.6 Å². The van der Waals surface area contributed by atoms with Gasteiger partial charge >= 0.3 is 0 Å². The van der Waals surface area contributed by atoms with E-state index < -0.39 is 10.0 Å². The monoisotopic (exact) mass is 375 g/mol. The Morgan fingerprint density at radius 1 is 1.00 bits per heavy atom. The van der Waals surface area contributed by atoms with E-state index in [9.17, 15) is 8.42 Å². The van der Waals surface area contributed by atoms with E-state index in [1.807, 2.05) is 31.2 Å². The first-order valence-corrected chi connectivity index (χ1v) is 11.2. The molecule has 0 radical (unpaired) electrons. The van der Waals surface area contributed by atoms with Crippen molar-refractivity contribution in [1.29, 1.82) is 0 Å². The highest BCUT2D eigenvalue weighted by Crippen LogP contribution is 2.30. The zero-order chi connectivity index (χ0) is 18.6. The second kappa shape index (κ2) is 8.40. The molecule has 2 aromatic carbocycles. The molecule has 0 aliphatic heterocycles. The van der Waals surface area contributed by atoms with E-state index in [0.29, 0.717) is 18.0 Å². The van der Waals surface area contributed by atoms with Crippen LogP contribution in [0.25, 0.3) is 10.8 Å². The van der Waals surface area contributed by atoms with Crippen molar-refractivity contribution in [1.82, 2.24) is 4.31 Å². The Kier molecular flexibility index (Phi) is 6.20. The molecule has 4 nitrogen and oxygen atoms in total. The van der Waals surface area contributed by atoms with Gasteiger partial charge in [0.15, 0.2) is 0 Å². The van der Waals surface area contributed by atoms with Gasteiger partial charge in [0, 0.05) is 12.6 Å². The normalized spacial score (nSPS) is 16.3. The smallest absolute Gasteiger partial charge is 0.243 e. The lowest BCUT2D eigenvalue weighted by atomic mass is 9.95. The van der Waals surface area contributed by atoms with E-state index >= 15 is 0 Å². The number of hydrogen-bond donors (Lipinski definition) is 0. The average Bonchev–Trinajstić information content (AvgIpc) is 2.67. The molecule has 0 aromatic heterocycles. The lowest BCUT2D eigenvalue weighted by molar-refractivity contribution is 0.261. The maximum absolute atomic E-state index is 13.2. The fourth-order valence-electron chi connectivity index (χ4n) is 3.80. The van der Waals surface area contributed by atoms with E-state index in [4.69, 9.17) is 4.74 Å². The van der Waals surface area contributed by atoms with Crippen LogP contribution in [0.1, 0.15) is 52.4 Å². The third-order valence-corrected chi connectivity index (χ3v) is 7.18. The average molecular weight is 376 g/mol. The first-order chi connectivity index (χ1) is 12.6. The van der Waals surface area contributed by atoms with Crippen molar-refractivity contribution in [2.45, 2.75) is 63.3 Å². The summed E-state index contributed by atoms with van der Waals surface area (Å²) < 4.78 is 33.8. The van der Waals surface area contributed by atoms with Crippen molar-refractivity contribution in [3.8, 4) is 5.75 Å². The minimum Gasteiger partial charge on any atom is -0.494 e. The number of hydrogen-bond acceptors (Lipinski definition) is 3. The predicted molar refractivity (Wildman–Crippen MR) is 106 cm³/mol. The molecule has 2 aromatic rings. The minimum absolute atomic E-state index is 0.138. The van der Waals surface area contributed by atoms with Gasteiger partial charge in [0.25, 0.3) is 0 Å². The van der Waals surface area contributed by atoms with Crippen LogP contribution in [-0.2, 0) is 10.0 Å². The molecule has 0 spiro atoms. The third-order valence-electron chi connectivity index (χ3n) is 5.16. The molecule has 1 saturated carbocycles. The van der Waals surface area contributed by atoms with Crippen LogP contribution in [-0.4, -0.2) is 31.9 Å². The highest BCUT2D eigenvalue weighted by atomic mass is 32.2. The van der Waals surface area contributed by atoms with E-state index in [2.05, 4.69) is 6.92 Å². The van der Waals surface area contributed by atoms with Crippen molar-refractivity contribution >= 4 is 20.8 Å². The van der Waals surface area contributed by atoms with Crippen LogP contribution in [0.4, 0.5) is 0 Å². The lowest BCUT2D eigenvalue weighted by Crippen LogP contribution is -2.41. The van der Waals surface area contributed by atoms with Crippen molar-refractivity contribution < 1.29 is 13.2 Å². The molecular formula is C21H29NO3S. The van der Waals surface area contributed by atoms with E-state index in [0.717, 1.165) is 48.6 Å². The van der Waals surface area contributed by atoms with E-state index in [1.54, 1.807) is 16.4 Å². The summed E-state index contributed by atoms with van der Waals surface area (Å²) in [7, 11) is -3.46. The summed E-state index contributed by atoms with van der Waals surface area (Å²) in [6.45, 7) is 5.22. The van der Waals surface area contributed by atoms with Gasteiger partial charge in [-0.15, -0.1) is 0 Å². The van der Waals surface area contributed by atoms with E-state index in [1.165, 1.54) is 6.42 Å². The number of nitrogens with zero attached hydrogens (tertiary/aromatic N) is 1. The molecular weight excluding hydrogens is 346 g/mol. The predicted octanol–water partition coefficient (Wildman–Crippen LogP) is 4.97. The van der Waals surface area contributed by atoms with Crippen LogP contribution in [0.15, 0.2) is 41.3 Å². The van der Waals surface area contributed by atoms with Gasteiger partial charge in [-0.2, -0.15) is 4.31 Å². The first-order valence-electron chi connectivity index (χ1n) is 9.74. The third kappa shape index (κ3) is 4.04. The molecule has 0 heterocycles. The van der Waals surface area contributed by atoms with Gasteiger partial charge in [-0.3, -0.25) is 0 Å². The quantitative estimate of drug-likeness (QED) is 0.686. The van der Waals surface area contributed by atoms with Crippen LogP contribution in [0.5, 0.6) is 5.75 Å². The van der Waals surface area contributed by atoms with Gasteiger partial charge in [-0.25, -0.2) is 8.42 Å². The molecule has 0 bridgehead atoms. The fraction of sp³-hybridized carbons (Fsp3) is 0.524. The van der Waals surface area contributed by atoms with Crippen LogP contribution in [0, 0.1) is 0 Å². The standard InChI is InChI=1S/C21H29NO3S/c1-3-14-25-20-12-10-18-16-21(13-11-17(18)15-20)26(23,24)22(4-2)19-8-6-5-7-9-19/h10-13,15-16,19H,3-9,14H2,1-2H3. The molecule has 0 unspecified atom stereocenters. The molecule has 5 heteroatoms. The van der Waals surface area contributed by atoms with Gasteiger partial charge in [0.1, 0.15) is 5.75 Å². The van der Waals surface area contributed by atoms with Crippen molar-refractivity contribution in [3.05, 3.63) is 36.4 Å². The van der Waals surface area contributed by atoms with Crippen molar-refractivity contribution in [2.75, 3.05) is 13.2 Å². The summed E-state index contributed by atoms with van der Waals surface area (Å²) in [6.07, 6.45) is 6.36. The molecule has 0 saturated heterocycles. The highest BCUT2D eigenvalue weighted by Gasteiger charge is 2.31. The zero-order valence-corrected chi connectivity index (χ0v) is 16.6. The first kappa shape index (κ1) is 19.2. The number of sulfonamides is 1. The Hall–Kier alpha value is -1.59.